The number of hydrogen-bond donors (Lipinski definition) is 1. The predicted molar refractivity (Wildman–Crippen MR) is 79.3 cm³/mol. The molecule has 18 heavy (non-hydrogen) atoms. The molecule has 0 aliphatic rings. The minimum Gasteiger partial charge on any atom is -0.349 e. The molecule has 98 valence electrons. The minimum atomic E-state index is 0.436. The van der Waals surface area contributed by atoms with Crippen molar-refractivity contribution in [3.05, 3.63) is 45.9 Å². The molecule has 2 aromatic heterocycles. The second-order valence-corrected chi connectivity index (χ2v) is 5.87. The Kier molecular flexibility index (Phi) is 4.61. The SMILES string of the molecule is CCNC(C)c1ccn(Cc2ccc(CC)s2)c1. The molecule has 0 aliphatic carbocycles. The maximum absolute atomic E-state index is 3.44. The number of nitrogens with zero attached hydrogens (tertiary/aromatic N) is 1. The molecule has 0 radical (unpaired) electrons. The zero-order valence-electron chi connectivity index (χ0n) is 11.4. The lowest BCUT2D eigenvalue weighted by atomic mass is 10.2. The second-order valence-electron chi connectivity index (χ2n) is 4.62. The van der Waals surface area contributed by atoms with E-state index in [1.165, 1.54) is 15.3 Å². The molecular formula is C15H22N2S. The number of thiophene rings is 1. The van der Waals surface area contributed by atoms with Gasteiger partial charge in [0.25, 0.3) is 0 Å². The van der Waals surface area contributed by atoms with Crippen molar-refractivity contribution in [1.82, 2.24) is 9.88 Å². The van der Waals surface area contributed by atoms with Gasteiger partial charge in [-0.25, -0.2) is 0 Å². The molecule has 0 bridgehead atoms. The third kappa shape index (κ3) is 3.24. The Morgan fingerprint density at radius 1 is 1.22 bits per heavy atom. The van der Waals surface area contributed by atoms with E-state index in [4.69, 9.17) is 0 Å². The summed E-state index contributed by atoms with van der Waals surface area (Å²) in [6.07, 6.45) is 5.56. The Bertz CT molecular complexity index is 484. The smallest absolute Gasteiger partial charge is 0.0563 e. The Balaban J connectivity index is 2.01. The molecule has 1 atom stereocenters. The van der Waals surface area contributed by atoms with Crippen molar-refractivity contribution < 1.29 is 0 Å². The van der Waals surface area contributed by atoms with Crippen molar-refractivity contribution in [3.63, 3.8) is 0 Å². The van der Waals surface area contributed by atoms with Gasteiger partial charge in [-0.3, -0.25) is 0 Å². The number of aryl methyl sites for hydroxylation is 1. The van der Waals surface area contributed by atoms with Crippen molar-refractivity contribution in [2.45, 2.75) is 39.8 Å². The van der Waals surface area contributed by atoms with Gasteiger partial charge in [0.2, 0.25) is 0 Å². The van der Waals surface area contributed by atoms with Crippen LogP contribution < -0.4 is 5.32 Å². The molecule has 1 N–H and O–H groups in total. The van der Waals surface area contributed by atoms with E-state index in [1.54, 1.807) is 0 Å². The fourth-order valence-electron chi connectivity index (χ4n) is 2.12. The normalized spacial score (nSPS) is 12.8. The van der Waals surface area contributed by atoms with Crippen molar-refractivity contribution in [1.29, 1.82) is 0 Å². The third-order valence-electron chi connectivity index (χ3n) is 3.19. The predicted octanol–water partition coefficient (Wildman–Crippen LogP) is 3.83. The third-order valence-corrected chi connectivity index (χ3v) is 4.40. The summed E-state index contributed by atoms with van der Waals surface area (Å²) in [6.45, 7) is 8.57. The van der Waals surface area contributed by atoms with Crippen LogP contribution in [0.5, 0.6) is 0 Å². The van der Waals surface area contributed by atoms with Crippen LogP contribution in [0.4, 0.5) is 0 Å². The molecule has 1 unspecified atom stereocenters. The van der Waals surface area contributed by atoms with Crippen LogP contribution in [0, 0.1) is 0 Å². The van der Waals surface area contributed by atoms with Gasteiger partial charge in [0.05, 0.1) is 6.54 Å². The molecule has 0 amide bonds. The van der Waals surface area contributed by atoms with Crippen molar-refractivity contribution >= 4 is 11.3 Å². The number of aromatic nitrogens is 1. The van der Waals surface area contributed by atoms with Crippen LogP contribution in [0.15, 0.2) is 30.6 Å². The molecule has 0 saturated carbocycles. The zero-order valence-corrected chi connectivity index (χ0v) is 12.3. The highest BCUT2D eigenvalue weighted by molar-refractivity contribution is 7.11. The van der Waals surface area contributed by atoms with Crippen LogP contribution >= 0.6 is 11.3 Å². The Hall–Kier alpha value is -1.06. The first-order valence-electron chi connectivity index (χ1n) is 6.69. The van der Waals surface area contributed by atoms with Gasteiger partial charge in [-0.2, -0.15) is 0 Å². The van der Waals surface area contributed by atoms with Crippen LogP contribution in [-0.2, 0) is 13.0 Å². The van der Waals surface area contributed by atoms with E-state index in [-0.39, 0.29) is 0 Å². The number of rotatable bonds is 6. The molecule has 2 nitrogen and oxygen atoms in total. The average Bonchev–Trinajstić information content (AvgIpc) is 2.99. The molecule has 0 fully saturated rings. The Morgan fingerprint density at radius 2 is 2.00 bits per heavy atom. The highest BCUT2D eigenvalue weighted by Crippen LogP contribution is 2.19. The lowest BCUT2D eigenvalue weighted by molar-refractivity contribution is 0.596. The van der Waals surface area contributed by atoms with E-state index >= 15 is 0 Å². The van der Waals surface area contributed by atoms with Crippen molar-refractivity contribution in [2.75, 3.05) is 6.54 Å². The summed E-state index contributed by atoms with van der Waals surface area (Å²) < 4.78 is 2.27. The molecule has 0 saturated heterocycles. The lowest BCUT2D eigenvalue weighted by Gasteiger charge is -2.09. The van der Waals surface area contributed by atoms with Gasteiger partial charge < -0.3 is 9.88 Å². The topological polar surface area (TPSA) is 17.0 Å². The van der Waals surface area contributed by atoms with Crippen LogP contribution in [0.25, 0.3) is 0 Å². The summed E-state index contributed by atoms with van der Waals surface area (Å²) in [5.41, 5.74) is 1.36. The molecule has 0 aromatic carbocycles. The Morgan fingerprint density at radius 3 is 2.67 bits per heavy atom. The zero-order chi connectivity index (χ0) is 13.0. The summed E-state index contributed by atoms with van der Waals surface area (Å²) in [5, 5.41) is 3.44. The minimum absolute atomic E-state index is 0.436. The molecule has 0 aliphatic heterocycles. The van der Waals surface area contributed by atoms with Gasteiger partial charge in [-0.05, 0) is 43.7 Å². The van der Waals surface area contributed by atoms with Gasteiger partial charge >= 0.3 is 0 Å². The first-order chi connectivity index (χ1) is 8.72. The molecule has 2 heterocycles. The van der Waals surface area contributed by atoms with E-state index in [1.807, 2.05) is 11.3 Å². The highest BCUT2D eigenvalue weighted by Gasteiger charge is 2.06. The summed E-state index contributed by atoms with van der Waals surface area (Å²) in [4.78, 5) is 2.91. The summed E-state index contributed by atoms with van der Waals surface area (Å²) in [5.74, 6) is 0. The fourth-order valence-corrected chi connectivity index (χ4v) is 3.08. The molecular weight excluding hydrogens is 240 g/mol. The van der Waals surface area contributed by atoms with Crippen LogP contribution in [0.3, 0.4) is 0 Å². The first kappa shape index (κ1) is 13.4. The van der Waals surface area contributed by atoms with Crippen LogP contribution in [0.2, 0.25) is 0 Å². The van der Waals surface area contributed by atoms with Gasteiger partial charge in [-0.1, -0.05) is 13.8 Å². The maximum atomic E-state index is 3.44. The van der Waals surface area contributed by atoms with Gasteiger partial charge in [-0.15, -0.1) is 11.3 Å². The summed E-state index contributed by atoms with van der Waals surface area (Å²) in [7, 11) is 0. The average molecular weight is 262 g/mol. The Labute approximate surface area is 114 Å². The molecule has 0 spiro atoms. The first-order valence-corrected chi connectivity index (χ1v) is 7.51. The lowest BCUT2D eigenvalue weighted by Crippen LogP contribution is -2.17. The fraction of sp³-hybridized carbons (Fsp3) is 0.467. The largest absolute Gasteiger partial charge is 0.349 e. The van der Waals surface area contributed by atoms with E-state index < -0.39 is 0 Å². The number of hydrogen-bond acceptors (Lipinski definition) is 2. The van der Waals surface area contributed by atoms with E-state index in [0.29, 0.717) is 6.04 Å². The standard InChI is InChI=1S/C15H22N2S/c1-4-14-6-7-15(18-14)11-17-9-8-13(10-17)12(3)16-5-2/h6-10,12,16H,4-5,11H2,1-3H3. The summed E-state index contributed by atoms with van der Waals surface area (Å²) >= 11 is 1.92. The molecule has 3 heteroatoms. The van der Waals surface area contributed by atoms with Crippen molar-refractivity contribution in [3.8, 4) is 0 Å². The number of nitrogens with one attached hydrogen (secondary N) is 1. The second kappa shape index (κ2) is 6.21. The molecule has 2 aromatic rings. The summed E-state index contributed by atoms with van der Waals surface area (Å²) in [6, 6.07) is 7.13. The van der Waals surface area contributed by atoms with E-state index in [2.05, 4.69) is 61.2 Å². The van der Waals surface area contributed by atoms with Gasteiger partial charge in [0.1, 0.15) is 0 Å². The van der Waals surface area contributed by atoms with E-state index in [0.717, 1.165) is 19.5 Å². The maximum Gasteiger partial charge on any atom is 0.0563 e. The van der Waals surface area contributed by atoms with Crippen LogP contribution in [0.1, 0.15) is 42.1 Å². The van der Waals surface area contributed by atoms with Crippen molar-refractivity contribution in [2.24, 2.45) is 0 Å². The van der Waals surface area contributed by atoms with Gasteiger partial charge in [0.15, 0.2) is 0 Å². The van der Waals surface area contributed by atoms with Crippen LogP contribution in [-0.4, -0.2) is 11.1 Å². The van der Waals surface area contributed by atoms with E-state index in [9.17, 15) is 0 Å². The highest BCUT2D eigenvalue weighted by atomic mass is 32.1. The monoisotopic (exact) mass is 262 g/mol. The molecule has 2 rings (SSSR count). The van der Waals surface area contributed by atoms with Gasteiger partial charge in [0, 0.05) is 28.2 Å². The quantitative estimate of drug-likeness (QED) is 0.837.